The number of para-hydroxylation sites is 1. The molecule has 4 rings (SSSR count). The summed E-state index contributed by atoms with van der Waals surface area (Å²) in [5.74, 6) is 0.802. The molecule has 0 N–H and O–H groups in total. The van der Waals surface area contributed by atoms with E-state index < -0.39 is 5.79 Å². The van der Waals surface area contributed by atoms with Gasteiger partial charge in [0.2, 0.25) is 5.79 Å². The van der Waals surface area contributed by atoms with Crippen molar-refractivity contribution in [3.05, 3.63) is 94.0 Å². The van der Waals surface area contributed by atoms with E-state index in [1.165, 1.54) is 5.56 Å². The molecule has 0 saturated carbocycles. The zero-order valence-corrected chi connectivity index (χ0v) is 25.2. The van der Waals surface area contributed by atoms with E-state index in [1.807, 2.05) is 13.8 Å². The normalized spacial score (nSPS) is 15.9. The van der Waals surface area contributed by atoms with Gasteiger partial charge in [0.15, 0.2) is 0 Å². The van der Waals surface area contributed by atoms with Crippen molar-refractivity contribution >= 4 is 5.71 Å². The van der Waals surface area contributed by atoms with Crippen molar-refractivity contribution in [3.63, 3.8) is 0 Å². The second-order valence-electron chi connectivity index (χ2n) is 14.1. The average Bonchev–Trinajstić information content (AvgIpc) is 2.78. The third-order valence-electron chi connectivity index (χ3n) is 7.07. The number of hydrogen-bond donors (Lipinski definition) is 0. The molecular formula is C35H45NO2. The molecule has 3 heteroatoms. The van der Waals surface area contributed by atoms with Gasteiger partial charge in [-0.2, -0.15) is 0 Å². The van der Waals surface area contributed by atoms with E-state index in [4.69, 9.17) is 14.5 Å². The predicted octanol–water partition coefficient (Wildman–Crippen LogP) is 9.12. The Bertz CT molecular complexity index is 1340. The van der Waals surface area contributed by atoms with Crippen molar-refractivity contribution in [1.29, 1.82) is 0 Å². The number of fused-ring (bicyclic) bond motifs is 2. The lowest BCUT2D eigenvalue weighted by atomic mass is 9.78. The Labute approximate surface area is 230 Å². The number of hydrogen-bond acceptors (Lipinski definition) is 3. The lowest BCUT2D eigenvalue weighted by molar-refractivity contribution is -0.0835. The second kappa shape index (κ2) is 9.59. The van der Waals surface area contributed by atoms with Gasteiger partial charge in [0.05, 0.1) is 12.3 Å². The number of benzene rings is 3. The molecular weight excluding hydrogens is 466 g/mol. The summed E-state index contributed by atoms with van der Waals surface area (Å²) in [6.45, 7) is 24.7. The van der Waals surface area contributed by atoms with Crippen molar-refractivity contribution in [1.82, 2.24) is 0 Å². The van der Waals surface area contributed by atoms with E-state index >= 15 is 0 Å². The van der Waals surface area contributed by atoms with Crippen LogP contribution in [0.25, 0.3) is 0 Å². The Kier molecular flexibility index (Phi) is 7.06. The maximum Gasteiger partial charge on any atom is 0.245 e. The van der Waals surface area contributed by atoms with Crippen LogP contribution in [0.1, 0.15) is 110 Å². The first-order valence-corrected chi connectivity index (χ1v) is 13.8. The molecule has 0 aromatic heterocycles. The molecule has 0 radical (unpaired) electrons. The van der Waals surface area contributed by atoms with Crippen molar-refractivity contribution in [2.24, 2.45) is 4.99 Å². The van der Waals surface area contributed by atoms with Gasteiger partial charge in [0, 0.05) is 41.7 Å². The lowest BCUT2D eigenvalue weighted by Gasteiger charge is -2.36. The lowest BCUT2D eigenvalue weighted by Crippen LogP contribution is -2.38. The molecule has 0 fully saturated rings. The molecule has 1 heterocycles. The summed E-state index contributed by atoms with van der Waals surface area (Å²) in [6.07, 6.45) is 0. The Morgan fingerprint density at radius 2 is 1.26 bits per heavy atom. The van der Waals surface area contributed by atoms with E-state index in [2.05, 4.69) is 123 Å². The summed E-state index contributed by atoms with van der Waals surface area (Å²) < 4.78 is 13.7. The molecule has 1 aliphatic heterocycles. The van der Waals surface area contributed by atoms with E-state index in [0.717, 1.165) is 45.0 Å². The molecule has 0 unspecified atom stereocenters. The first-order chi connectivity index (χ1) is 17.5. The number of nitrogens with zero attached hydrogens (tertiary/aromatic N) is 1. The topological polar surface area (TPSA) is 30.8 Å². The first kappa shape index (κ1) is 28.0. The van der Waals surface area contributed by atoms with Crippen LogP contribution in [-0.2, 0) is 22.8 Å². The third-order valence-corrected chi connectivity index (χ3v) is 7.07. The summed E-state index contributed by atoms with van der Waals surface area (Å²) in [7, 11) is 0. The van der Waals surface area contributed by atoms with Gasteiger partial charge in [-0.1, -0.05) is 117 Å². The highest BCUT2D eigenvalue weighted by Gasteiger charge is 2.35. The van der Waals surface area contributed by atoms with Crippen LogP contribution in [0.3, 0.4) is 0 Å². The highest BCUT2D eigenvalue weighted by molar-refractivity contribution is 6.15. The summed E-state index contributed by atoms with van der Waals surface area (Å²) in [4.78, 5) is 5.31. The summed E-state index contributed by atoms with van der Waals surface area (Å²) in [5, 5.41) is 0. The van der Waals surface area contributed by atoms with E-state index in [9.17, 15) is 0 Å². The van der Waals surface area contributed by atoms with E-state index in [1.54, 1.807) is 0 Å². The maximum absolute atomic E-state index is 6.96. The fraction of sp³-hybridized carbons (Fsp3) is 0.457. The van der Waals surface area contributed by atoms with Crippen molar-refractivity contribution in [2.45, 2.75) is 105 Å². The SMILES string of the molecule is CC1(C)Oc2c(cccc2C(C)(C)C)CN=C(c2ccccc2)c2cc(C(C)(C)C)cc(C(C)(C)C)c2O1. The first-order valence-electron chi connectivity index (χ1n) is 13.8. The van der Waals surface area contributed by atoms with Crippen LogP contribution < -0.4 is 9.47 Å². The van der Waals surface area contributed by atoms with Gasteiger partial charge in [0.25, 0.3) is 0 Å². The van der Waals surface area contributed by atoms with Gasteiger partial charge < -0.3 is 9.47 Å². The third kappa shape index (κ3) is 5.82. The maximum atomic E-state index is 6.96. The average molecular weight is 512 g/mol. The molecule has 0 bridgehead atoms. The molecule has 38 heavy (non-hydrogen) atoms. The Balaban J connectivity index is 2.11. The fourth-order valence-electron chi connectivity index (χ4n) is 4.93. The quantitative estimate of drug-likeness (QED) is 0.326. The Hall–Kier alpha value is -3.07. The Morgan fingerprint density at radius 3 is 1.84 bits per heavy atom. The van der Waals surface area contributed by atoms with Crippen LogP contribution in [0.5, 0.6) is 11.5 Å². The molecule has 3 aromatic rings. The predicted molar refractivity (Wildman–Crippen MR) is 160 cm³/mol. The zero-order chi connectivity index (χ0) is 28.1. The minimum absolute atomic E-state index is 0.0353. The van der Waals surface area contributed by atoms with Crippen LogP contribution in [-0.4, -0.2) is 11.5 Å². The zero-order valence-electron chi connectivity index (χ0n) is 25.2. The van der Waals surface area contributed by atoms with Crippen LogP contribution in [0.15, 0.2) is 65.7 Å². The number of ether oxygens (including phenoxy) is 2. The van der Waals surface area contributed by atoms with Crippen molar-refractivity contribution in [3.8, 4) is 11.5 Å². The minimum Gasteiger partial charge on any atom is -0.452 e. The standard InChI is InChI=1S/C35H45NO2/c1-32(2,3)25-20-26-29(23-16-13-12-14-17-23)36-22-24-18-15-19-27(33(4,5)6)30(24)37-35(10,11)38-31(26)28(21-25)34(7,8)9/h12-21H,22H2,1-11H3. The Morgan fingerprint density at radius 1 is 0.658 bits per heavy atom. The fourth-order valence-corrected chi connectivity index (χ4v) is 4.93. The monoisotopic (exact) mass is 511 g/mol. The molecule has 202 valence electrons. The number of aliphatic imine (C=N–C) groups is 1. The van der Waals surface area contributed by atoms with Crippen molar-refractivity contribution in [2.75, 3.05) is 0 Å². The second-order valence-corrected chi connectivity index (χ2v) is 14.1. The van der Waals surface area contributed by atoms with Gasteiger partial charge in [-0.25, -0.2) is 0 Å². The molecule has 0 amide bonds. The summed E-state index contributed by atoms with van der Waals surface area (Å²) >= 11 is 0. The smallest absolute Gasteiger partial charge is 0.245 e. The molecule has 3 aromatic carbocycles. The highest BCUT2D eigenvalue weighted by atomic mass is 16.7. The van der Waals surface area contributed by atoms with Crippen LogP contribution in [0.4, 0.5) is 0 Å². The van der Waals surface area contributed by atoms with Gasteiger partial charge in [-0.3, -0.25) is 4.99 Å². The van der Waals surface area contributed by atoms with Gasteiger partial charge in [-0.05, 0) is 27.9 Å². The van der Waals surface area contributed by atoms with Gasteiger partial charge in [-0.15, -0.1) is 0 Å². The molecule has 0 saturated heterocycles. The molecule has 0 aliphatic carbocycles. The summed E-state index contributed by atoms with van der Waals surface area (Å²) in [6, 6.07) is 21.5. The van der Waals surface area contributed by atoms with E-state index in [-0.39, 0.29) is 16.2 Å². The molecule has 0 atom stereocenters. The minimum atomic E-state index is -0.909. The van der Waals surface area contributed by atoms with E-state index in [0.29, 0.717) is 6.54 Å². The highest BCUT2D eigenvalue weighted by Crippen LogP contribution is 2.43. The van der Waals surface area contributed by atoms with Crippen LogP contribution >= 0.6 is 0 Å². The molecule has 1 aliphatic rings. The van der Waals surface area contributed by atoms with Crippen LogP contribution in [0, 0.1) is 0 Å². The molecule has 0 spiro atoms. The largest absolute Gasteiger partial charge is 0.452 e. The van der Waals surface area contributed by atoms with Gasteiger partial charge >= 0.3 is 0 Å². The van der Waals surface area contributed by atoms with Crippen molar-refractivity contribution < 1.29 is 9.47 Å². The number of rotatable bonds is 1. The van der Waals surface area contributed by atoms with Crippen LogP contribution in [0.2, 0.25) is 0 Å². The summed E-state index contributed by atoms with van der Waals surface area (Å²) in [5.41, 5.74) is 7.41. The molecule has 3 nitrogen and oxygen atoms in total. The van der Waals surface area contributed by atoms with Gasteiger partial charge in [0.1, 0.15) is 11.5 Å².